The van der Waals surface area contributed by atoms with Crippen LogP contribution in [0.4, 0.5) is 0 Å². The molecule has 1 atom stereocenters. The second-order valence-electron chi connectivity index (χ2n) is 4.43. The Labute approximate surface area is 119 Å². The lowest BCUT2D eigenvalue weighted by atomic mass is 10.1. The summed E-state index contributed by atoms with van der Waals surface area (Å²) in [6.07, 6.45) is 2.47. The van der Waals surface area contributed by atoms with Gasteiger partial charge >= 0.3 is 0 Å². The van der Waals surface area contributed by atoms with E-state index in [9.17, 15) is 8.42 Å². The van der Waals surface area contributed by atoms with Crippen LogP contribution in [0.1, 0.15) is 38.7 Å². The van der Waals surface area contributed by atoms with Gasteiger partial charge in [0, 0.05) is 11.1 Å². The predicted octanol–water partition coefficient (Wildman–Crippen LogP) is 2.69. The average Bonchev–Trinajstić information content (AvgIpc) is 2.37. The lowest BCUT2D eigenvalue weighted by Gasteiger charge is -2.16. The normalized spacial score (nSPS) is 13.5. The standard InChI is InChI=1S/C13H20ClNO3S/c1-3-5-11(4-2)15-19(17,18)12-7-6-10(9-16)13(14)8-12/h6-8,11,15-16H,3-5,9H2,1-2H3. The summed E-state index contributed by atoms with van der Waals surface area (Å²) in [5.41, 5.74) is 0.515. The van der Waals surface area contributed by atoms with Crippen LogP contribution >= 0.6 is 11.6 Å². The van der Waals surface area contributed by atoms with Crippen LogP contribution in [0.25, 0.3) is 0 Å². The lowest BCUT2D eigenvalue weighted by Crippen LogP contribution is -2.34. The van der Waals surface area contributed by atoms with E-state index in [2.05, 4.69) is 4.72 Å². The molecule has 0 amide bonds. The van der Waals surface area contributed by atoms with E-state index in [4.69, 9.17) is 16.7 Å². The van der Waals surface area contributed by atoms with E-state index in [0.717, 1.165) is 19.3 Å². The molecule has 0 saturated heterocycles. The summed E-state index contributed by atoms with van der Waals surface area (Å²) in [4.78, 5) is 0.129. The minimum absolute atomic E-state index is 0.0636. The zero-order chi connectivity index (χ0) is 14.5. The van der Waals surface area contributed by atoms with Gasteiger partial charge in [-0.25, -0.2) is 13.1 Å². The van der Waals surface area contributed by atoms with E-state index < -0.39 is 10.0 Å². The van der Waals surface area contributed by atoms with Gasteiger partial charge in [0.1, 0.15) is 0 Å². The van der Waals surface area contributed by atoms with Gasteiger partial charge in [0.2, 0.25) is 10.0 Å². The van der Waals surface area contributed by atoms with Crippen LogP contribution < -0.4 is 4.72 Å². The van der Waals surface area contributed by atoms with Crippen LogP contribution in [0.2, 0.25) is 5.02 Å². The molecule has 0 aliphatic heterocycles. The van der Waals surface area contributed by atoms with Crippen molar-refractivity contribution < 1.29 is 13.5 Å². The number of hydrogen-bond acceptors (Lipinski definition) is 3. The van der Waals surface area contributed by atoms with Crippen LogP contribution in [0, 0.1) is 0 Å². The summed E-state index contributed by atoms with van der Waals surface area (Å²) in [6.45, 7) is 3.76. The Bertz CT molecular complexity index is 517. The Hall–Kier alpha value is -0.620. The molecule has 0 aliphatic rings. The molecule has 0 radical (unpaired) electrons. The van der Waals surface area contributed by atoms with E-state index in [1.165, 1.54) is 18.2 Å². The summed E-state index contributed by atoms with van der Waals surface area (Å²) in [5.74, 6) is 0. The van der Waals surface area contributed by atoms with Gasteiger partial charge in [0.25, 0.3) is 0 Å². The van der Waals surface area contributed by atoms with Gasteiger partial charge in [0.15, 0.2) is 0 Å². The minimum atomic E-state index is -3.56. The molecule has 108 valence electrons. The molecule has 0 heterocycles. The molecule has 6 heteroatoms. The van der Waals surface area contributed by atoms with E-state index in [0.29, 0.717) is 5.56 Å². The molecular formula is C13H20ClNO3S. The molecule has 0 aromatic heterocycles. The second-order valence-corrected chi connectivity index (χ2v) is 6.55. The number of aliphatic hydroxyl groups is 1. The molecule has 0 aliphatic carbocycles. The molecule has 0 bridgehead atoms. The van der Waals surface area contributed by atoms with Crippen molar-refractivity contribution in [1.29, 1.82) is 0 Å². The molecule has 1 unspecified atom stereocenters. The van der Waals surface area contributed by atoms with E-state index in [1.807, 2.05) is 13.8 Å². The van der Waals surface area contributed by atoms with Crippen molar-refractivity contribution in [3.05, 3.63) is 28.8 Å². The van der Waals surface area contributed by atoms with E-state index in [-0.39, 0.29) is 22.6 Å². The van der Waals surface area contributed by atoms with Crippen molar-refractivity contribution >= 4 is 21.6 Å². The van der Waals surface area contributed by atoms with Gasteiger partial charge in [-0.2, -0.15) is 0 Å². The fourth-order valence-electron chi connectivity index (χ4n) is 1.81. The van der Waals surface area contributed by atoms with Gasteiger partial charge in [-0.1, -0.05) is 37.9 Å². The summed E-state index contributed by atoms with van der Waals surface area (Å²) >= 11 is 5.91. The average molecular weight is 306 g/mol. The quantitative estimate of drug-likeness (QED) is 0.814. The zero-order valence-corrected chi connectivity index (χ0v) is 12.8. The highest BCUT2D eigenvalue weighted by atomic mass is 35.5. The Morgan fingerprint density at radius 3 is 2.53 bits per heavy atom. The Balaban J connectivity index is 2.96. The monoisotopic (exact) mass is 305 g/mol. The topological polar surface area (TPSA) is 66.4 Å². The number of benzene rings is 1. The largest absolute Gasteiger partial charge is 0.392 e. The van der Waals surface area contributed by atoms with Crippen molar-refractivity contribution in [2.75, 3.05) is 0 Å². The number of rotatable bonds is 7. The highest BCUT2D eigenvalue weighted by Gasteiger charge is 2.19. The molecule has 1 aromatic rings. The first-order valence-electron chi connectivity index (χ1n) is 6.36. The lowest BCUT2D eigenvalue weighted by molar-refractivity contribution is 0.282. The minimum Gasteiger partial charge on any atom is -0.392 e. The van der Waals surface area contributed by atoms with Crippen LogP contribution in [0.3, 0.4) is 0 Å². The van der Waals surface area contributed by atoms with Crippen LogP contribution in [0.5, 0.6) is 0 Å². The summed E-state index contributed by atoms with van der Waals surface area (Å²) in [5, 5.41) is 9.27. The third-order valence-electron chi connectivity index (χ3n) is 2.96. The van der Waals surface area contributed by atoms with Gasteiger partial charge < -0.3 is 5.11 Å². The zero-order valence-electron chi connectivity index (χ0n) is 11.2. The summed E-state index contributed by atoms with van der Waals surface area (Å²) in [6, 6.07) is 4.29. The van der Waals surface area contributed by atoms with Crippen molar-refractivity contribution in [1.82, 2.24) is 4.72 Å². The van der Waals surface area contributed by atoms with Crippen molar-refractivity contribution in [3.8, 4) is 0 Å². The van der Waals surface area contributed by atoms with E-state index >= 15 is 0 Å². The number of halogens is 1. The fourth-order valence-corrected chi connectivity index (χ4v) is 3.49. The van der Waals surface area contributed by atoms with Crippen molar-refractivity contribution in [2.45, 2.75) is 50.7 Å². The number of aliphatic hydroxyl groups excluding tert-OH is 1. The maximum atomic E-state index is 12.2. The molecule has 2 N–H and O–H groups in total. The van der Waals surface area contributed by atoms with Gasteiger partial charge in [0.05, 0.1) is 11.5 Å². The number of sulfonamides is 1. The number of hydrogen-bond donors (Lipinski definition) is 2. The first-order valence-corrected chi connectivity index (χ1v) is 8.22. The maximum Gasteiger partial charge on any atom is 0.240 e. The van der Waals surface area contributed by atoms with Crippen molar-refractivity contribution in [2.24, 2.45) is 0 Å². The smallest absolute Gasteiger partial charge is 0.240 e. The summed E-state index contributed by atoms with van der Waals surface area (Å²) in [7, 11) is -3.56. The molecule has 0 spiro atoms. The first kappa shape index (κ1) is 16.4. The molecular weight excluding hydrogens is 286 g/mol. The van der Waals surface area contributed by atoms with Crippen molar-refractivity contribution in [3.63, 3.8) is 0 Å². The third kappa shape index (κ3) is 4.45. The molecule has 0 fully saturated rings. The van der Waals surface area contributed by atoms with Crippen LogP contribution in [-0.2, 0) is 16.6 Å². The molecule has 0 saturated carbocycles. The third-order valence-corrected chi connectivity index (χ3v) is 4.83. The van der Waals surface area contributed by atoms with Gasteiger partial charge in [-0.15, -0.1) is 0 Å². The summed E-state index contributed by atoms with van der Waals surface area (Å²) < 4.78 is 27.1. The second kappa shape index (κ2) is 7.24. The molecule has 19 heavy (non-hydrogen) atoms. The SMILES string of the molecule is CCCC(CC)NS(=O)(=O)c1ccc(CO)c(Cl)c1. The van der Waals surface area contributed by atoms with Crippen LogP contribution in [-0.4, -0.2) is 19.6 Å². The highest BCUT2D eigenvalue weighted by molar-refractivity contribution is 7.89. The maximum absolute atomic E-state index is 12.2. The predicted molar refractivity (Wildman–Crippen MR) is 76.7 cm³/mol. The Kier molecular flexibility index (Phi) is 6.26. The highest BCUT2D eigenvalue weighted by Crippen LogP contribution is 2.21. The molecule has 1 rings (SSSR count). The van der Waals surface area contributed by atoms with Crippen LogP contribution in [0.15, 0.2) is 23.1 Å². The molecule has 1 aromatic carbocycles. The first-order chi connectivity index (χ1) is 8.94. The Morgan fingerprint density at radius 1 is 1.37 bits per heavy atom. The molecule has 4 nitrogen and oxygen atoms in total. The fraction of sp³-hybridized carbons (Fsp3) is 0.538. The van der Waals surface area contributed by atoms with E-state index in [1.54, 1.807) is 0 Å². The van der Waals surface area contributed by atoms with Gasteiger partial charge in [-0.05, 0) is 30.5 Å². The number of nitrogens with one attached hydrogen (secondary N) is 1. The Morgan fingerprint density at radius 2 is 2.05 bits per heavy atom. The van der Waals surface area contributed by atoms with Gasteiger partial charge in [-0.3, -0.25) is 0 Å².